The molecule has 3 fully saturated rings. The first-order chi connectivity index (χ1) is 17.4. The quantitative estimate of drug-likeness (QED) is 0.563. The number of benzene rings is 1. The zero-order valence-electron chi connectivity index (χ0n) is 21.7. The third-order valence-electron chi connectivity index (χ3n) is 8.40. The van der Waals surface area contributed by atoms with Crippen LogP contribution in [0.2, 0.25) is 0 Å². The minimum Gasteiger partial charge on any atom is -0.342 e. The van der Waals surface area contributed by atoms with Crippen LogP contribution < -0.4 is 5.32 Å². The fraction of sp³-hybridized carbons (Fsp3) is 0.679. The highest BCUT2D eigenvalue weighted by atomic mass is 32.2. The second kappa shape index (κ2) is 11.0. The molecule has 0 aromatic heterocycles. The number of para-hydroxylation sites is 1. The highest BCUT2D eigenvalue weighted by molar-refractivity contribution is 8.01. The molecule has 4 aliphatic rings. The summed E-state index contributed by atoms with van der Waals surface area (Å²) in [5.74, 6) is 1.39. The number of piperidine rings is 1. The van der Waals surface area contributed by atoms with Gasteiger partial charge >= 0.3 is 6.03 Å². The van der Waals surface area contributed by atoms with Gasteiger partial charge in [-0.15, -0.1) is 11.8 Å². The Morgan fingerprint density at radius 1 is 1.08 bits per heavy atom. The Bertz CT molecular complexity index is 971. The zero-order chi connectivity index (χ0) is 25.2. The summed E-state index contributed by atoms with van der Waals surface area (Å²) in [5.41, 5.74) is 2.02. The maximum atomic E-state index is 13.4. The molecule has 0 radical (unpaired) electrons. The van der Waals surface area contributed by atoms with Gasteiger partial charge in [-0.1, -0.05) is 44.9 Å². The molecule has 8 heteroatoms. The largest absolute Gasteiger partial charge is 0.342 e. The second-order valence-corrected chi connectivity index (χ2v) is 12.6. The van der Waals surface area contributed by atoms with Gasteiger partial charge < -0.3 is 20.0 Å². The molecule has 2 atom stereocenters. The summed E-state index contributed by atoms with van der Waals surface area (Å²) in [5, 5.41) is 2.99. The van der Waals surface area contributed by atoms with Crippen molar-refractivity contribution in [2.75, 3.05) is 25.0 Å². The Kier molecular flexibility index (Phi) is 7.79. The van der Waals surface area contributed by atoms with Crippen LogP contribution in [0.15, 0.2) is 24.3 Å². The van der Waals surface area contributed by atoms with Crippen LogP contribution in [-0.2, 0) is 16.1 Å². The van der Waals surface area contributed by atoms with E-state index >= 15 is 0 Å². The maximum Gasteiger partial charge on any atom is 0.322 e. The van der Waals surface area contributed by atoms with Crippen LogP contribution in [0.5, 0.6) is 0 Å². The lowest BCUT2D eigenvalue weighted by Gasteiger charge is -2.40. The Hall–Kier alpha value is -2.22. The number of amides is 4. The number of anilines is 1. The molecule has 0 bridgehead atoms. The van der Waals surface area contributed by atoms with E-state index in [-0.39, 0.29) is 34.5 Å². The van der Waals surface area contributed by atoms with Crippen molar-refractivity contribution in [3.05, 3.63) is 29.8 Å². The van der Waals surface area contributed by atoms with Gasteiger partial charge in [0.2, 0.25) is 11.8 Å². The average Bonchev–Trinajstić information content (AvgIpc) is 3.51. The van der Waals surface area contributed by atoms with E-state index in [1.807, 2.05) is 28.0 Å². The maximum absolute atomic E-state index is 13.4. The standard InChI is InChI=1S/C28H40N4O3S/c1-19(2)11-16-31-26(34)24(36-27(31)20-7-3-4-8-20)17-25(33)30-14-12-22(13-15-30)32-18-21-9-5-6-10-23(21)29-28(32)35/h5-6,9-10,19-20,22,24,27H,3-4,7-8,11-18H2,1-2H3,(H,29,35). The van der Waals surface area contributed by atoms with Crippen LogP contribution in [0.25, 0.3) is 0 Å². The fourth-order valence-corrected chi connectivity index (χ4v) is 7.90. The lowest BCUT2D eigenvalue weighted by molar-refractivity contribution is -0.137. The molecular formula is C28H40N4O3S. The summed E-state index contributed by atoms with van der Waals surface area (Å²) >= 11 is 1.75. The van der Waals surface area contributed by atoms with Crippen LogP contribution in [0.1, 0.15) is 70.8 Å². The zero-order valence-corrected chi connectivity index (χ0v) is 22.5. The van der Waals surface area contributed by atoms with Gasteiger partial charge in [0.1, 0.15) is 0 Å². The van der Waals surface area contributed by atoms with Crippen molar-refractivity contribution in [3.63, 3.8) is 0 Å². The molecule has 1 saturated carbocycles. The van der Waals surface area contributed by atoms with E-state index in [0.29, 0.717) is 37.9 Å². The van der Waals surface area contributed by atoms with E-state index in [2.05, 4.69) is 30.1 Å². The number of carbonyl (C=O) groups is 3. The minimum atomic E-state index is -0.252. The van der Waals surface area contributed by atoms with Gasteiger partial charge in [0.25, 0.3) is 0 Å². The summed E-state index contributed by atoms with van der Waals surface area (Å²) < 4.78 is 0. The summed E-state index contributed by atoms with van der Waals surface area (Å²) in [6.07, 6.45) is 7.78. The smallest absolute Gasteiger partial charge is 0.322 e. The van der Waals surface area contributed by atoms with E-state index in [9.17, 15) is 14.4 Å². The van der Waals surface area contributed by atoms with Crippen molar-refractivity contribution < 1.29 is 14.4 Å². The third kappa shape index (κ3) is 5.38. The summed E-state index contributed by atoms with van der Waals surface area (Å²) in [7, 11) is 0. The van der Waals surface area contributed by atoms with Crippen molar-refractivity contribution in [1.82, 2.24) is 14.7 Å². The van der Waals surface area contributed by atoms with Crippen LogP contribution in [0, 0.1) is 11.8 Å². The predicted octanol–water partition coefficient (Wildman–Crippen LogP) is 4.92. The molecule has 2 saturated heterocycles. The number of hydrogen-bond donors (Lipinski definition) is 1. The number of nitrogens with zero attached hydrogens (tertiary/aromatic N) is 3. The molecule has 1 aliphatic carbocycles. The Balaban J connectivity index is 1.16. The molecule has 3 aliphatic heterocycles. The number of thioether (sulfide) groups is 1. The van der Waals surface area contributed by atoms with Gasteiger partial charge in [-0.25, -0.2) is 4.79 Å². The lowest BCUT2D eigenvalue weighted by Crippen LogP contribution is -2.51. The van der Waals surface area contributed by atoms with Crippen molar-refractivity contribution in [2.45, 2.75) is 88.4 Å². The molecule has 2 unspecified atom stereocenters. The van der Waals surface area contributed by atoms with Gasteiger partial charge in [0.15, 0.2) is 0 Å². The van der Waals surface area contributed by atoms with Gasteiger partial charge in [0, 0.05) is 44.3 Å². The number of hydrogen-bond acceptors (Lipinski definition) is 4. The molecule has 1 aromatic rings. The van der Waals surface area contributed by atoms with Crippen molar-refractivity contribution in [3.8, 4) is 0 Å². The topological polar surface area (TPSA) is 73.0 Å². The van der Waals surface area contributed by atoms with E-state index < -0.39 is 0 Å². The van der Waals surface area contributed by atoms with Gasteiger partial charge in [0.05, 0.1) is 10.6 Å². The predicted molar refractivity (Wildman–Crippen MR) is 144 cm³/mol. The summed E-state index contributed by atoms with van der Waals surface area (Å²) in [6.45, 7) is 7.11. The van der Waals surface area contributed by atoms with E-state index in [4.69, 9.17) is 0 Å². The van der Waals surface area contributed by atoms with Crippen molar-refractivity contribution >= 4 is 35.3 Å². The fourth-order valence-electron chi connectivity index (χ4n) is 6.22. The van der Waals surface area contributed by atoms with Gasteiger partial charge in [-0.05, 0) is 55.6 Å². The van der Waals surface area contributed by atoms with Crippen LogP contribution in [0.3, 0.4) is 0 Å². The molecule has 0 spiro atoms. The van der Waals surface area contributed by atoms with Gasteiger partial charge in [-0.3, -0.25) is 9.59 Å². The van der Waals surface area contributed by atoms with Crippen LogP contribution in [-0.4, -0.2) is 68.8 Å². The van der Waals surface area contributed by atoms with E-state index in [1.54, 1.807) is 11.8 Å². The number of urea groups is 1. The van der Waals surface area contributed by atoms with E-state index in [0.717, 1.165) is 37.1 Å². The first kappa shape index (κ1) is 25.4. The highest BCUT2D eigenvalue weighted by Crippen LogP contribution is 2.44. The molecule has 5 rings (SSSR count). The Morgan fingerprint density at radius 2 is 1.81 bits per heavy atom. The minimum absolute atomic E-state index is 0.0501. The number of rotatable bonds is 7. The Labute approximate surface area is 219 Å². The van der Waals surface area contributed by atoms with Crippen LogP contribution >= 0.6 is 11.8 Å². The first-order valence-corrected chi connectivity index (χ1v) is 14.7. The SMILES string of the molecule is CC(C)CCN1C(=O)C(CC(=O)N2CCC(N3Cc4ccccc4NC3=O)CC2)SC1C1CCCC1. The summed E-state index contributed by atoms with van der Waals surface area (Å²) in [6, 6.07) is 8.01. The molecule has 1 N–H and O–H groups in total. The number of fused-ring (bicyclic) bond motifs is 1. The van der Waals surface area contributed by atoms with Gasteiger partial charge in [-0.2, -0.15) is 0 Å². The molecule has 4 amide bonds. The molecule has 3 heterocycles. The molecular weight excluding hydrogens is 472 g/mol. The number of carbonyl (C=O) groups excluding carboxylic acids is 3. The second-order valence-electron chi connectivity index (χ2n) is 11.3. The number of nitrogens with one attached hydrogen (secondary N) is 1. The van der Waals surface area contributed by atoms with Crippen molar-refractivity contribution in [2.24, 2.45) is 11.8 Å². The molecule has 7 nitrogen and oxygen atoms in total. The summed E-state index contributed by atoms with van der Waals surface area (Å²) in [4.78, 5) is 45.3. The van der Waals surface area contributed by atoms with Crippen molar-refractivity contribution in [1.29, 1.82) is 0 Å². The normalized spacial score (nSPS) is 25.6. The highest BCUT2D eigenvalue weighted by Gasteiger charge is 2.45. The first-order valence-electron chi connectivity index (χ1n) is 13.8. The molecule has 36 heavy (non-hydrogen) atoms. The monoisotopic (exact) mass is 512 g/mol. The van der Waals surface area contributed by atoms with Crippen LogP contribution in [0.4, 0.5) is 10.5 Å². The number of likely N-dealkylation sites (tertiary alicyclic amines) is 1. The molecule has 196 valence electrons. The third-order valence-corrected chi connectivity index (χ3v) is 10.0. The molecule has 1 aromatic carbocycles. The average molecular weight is 513 g/mol. The lowest BCUT2D eigenvalue weighted by atomic mass is 10.0. The Morgan fingerprint density at radius 3 is 2.53 bits per heavy atom. The van der Waals surface area contributed by atoms with E-state index in [1.165, 1.54) is 25.7 Å².